The molecule has 8 heteroatoms. The Labute approximate surface area is 154 Å². The van der Waals surface area contributed by atoms with Gasteiger partial charge >= 0.3 is 6.03 Å². The second-order valence-corrected chi connectivity index (χ2v) is 6.08. The van der Waals surface area contributed by atoms with Crippen molar-refractivity contribution in [3.8, 4) is 16.9 Å². The maximum Gasteiger partial charge on any atom is 0.322 e. The number of amides is 3. The van der Waals surface area contributed by atoms with Crippen molar-refractivity contribution in [2.24, 2.45) is 0 Å². The van der Waals surface area contributed by atoms with Crippen LogP contribution in [0.5, 0.6) is 0 Å². The minimum absolute atomic E-state index is 0.366. The molecule has 1 unspecified atom stereocenters. The Morgan fingerprint density at radius 3 is 2.37 bits per heavy atom. The number of carbonyl (C=O) groups excluding carboxylic acids is 2. The first kappa shape index (κ1) is 16.8. The predicted molar refractivity (Wildman–Crippen MR) is 97.9 cm³/mol. The molecule has 1 aromatic heterocycles. The summed E-state index contributed by atoms with van der Waals surface area (Å²) in [5.74, 6) is -0.817. The summed E-state index contributed by atoms with van der Waals surface area (Å²) >= 11 is 0. The van der Waals surface area contributed by atoms with Gasteiger partial charge in [0, 0.05) is 30.1 Å². The summed E-state index contributed by atoms with van der Waals surface area (Å²) in [5, 5.41) is 12.4. The molecule has 2 heterocycles. The van der Waals surface area contributed by atoms with Gasteiger partial charge in [-0.2, -0.15) is 5.10 Å². The Morgan fingerprint density at radius 2 is 1.78 bits per heavy atom. The molecule has 4 rings (SSSR count). The quantitative estimate of drug-likeness (QED) is 0.620. The third kappa shape index (κ3) is 3.12. The van der Waals surface area contributed by atoms with Crippen molar-refractivity contribution in [2.45, 2.75) is 6.04 Å². The Bertz CT molecular complexity index is 1010. The van der Waals surface area contributed by atoms with Crippen LogP contribution in [0.1, 0.15) is 11.6 Å². The number of hydrogen-bond donors (Lipinski definition) is 3. The van der Waals surface area contributed by atoms with Crippen LogP contribution in [0, 0.1) is 5.82 Å². The SMILES string of the molecule is CNc1ccc(-n2cc(C3NC(=O)NC3=O)c(-c3ccc(F)cc3)n2)cc1. The number of hydrogen-bond acceptors (Lipinski definition) is 4. The monoisotopic (exact) mass is 365 g/mol. The molecule has 0 bridgehead atoms. The van der Waals surface area contributed by atoms with E-state index < -0.39 is 18.0 Å². The molecule has 136 valence electrons. The lowest BCUT2D eigenvalue weighted by Gasteiger charge is -2.07. The van der Waals surface area contributed by atoms with Crippen molar-refractivity contribution in [3.05, 3.63) is 66.1 Å². The molecule has 1 fully saturated rings. The highest BCUT2D eigenvalue weighted by Crippen LogP contribution is 2.30. The zero-order valence-electron chi connectivity index (χ0n) is 14.4. The van der Waals surface area contributed by atoms with E-state index in [0.717, 1.165) is 11.4 Å². The normalized spacial score (nSPS) is 16.1. The summed E-state index contributed by atoms with van der Waals surface area (Å²) in [6.07, 6.45) is 1.70. The van der Waals surface area contributed by atoms with Gasteiger partial charge in [-0.15, -0.1) is 0 Å². The molecule has 3 aromatic rings. The largest absolute Gasteiger partial charge is 0.388 e. The summed E-state index contributed by atoms with van der Waals surface area (Å²) in [4.78, 5) is 23.7. The maximum absolute atomic E-state index is 13.3. The lowest BCUT2D eigenvalue weighted by Crippen LogP contribution is -2.22. The molecule has 3 N–H and O–H groups in total. The smallest absolute Gasteiger partial charge is 0.322 e. The van der Waals surface area contributed by atoms with Gasteiger partial charge in [-0.25, -0.2) is 13.9 Å². The number of benzene rings is 2. The Balaban J connectivity index is 1.82. The van der Waals surface area contributed by atoms with Gasteiger partial charge in [0.05, 0.1) is 11.4 Å². The van der Waals surface area contributed by atoms with Crippen molar-refractivity contribution < 1.29 is 14.0 Å². The molecule has 0 spiro atoms. The van der Waals surface area contributed by atoms with E-state index in [9.17, 15) is 14.0 Å². The molecular weight excluding hydrogens is 349 g/mol. The van der Waals surface area contributed by atoms with Gasteiger partial charge in [-0.3, -0.25) is 10.1 Å². The molecule has 27 heavy (non-hydrogen) atoms. The first-order chi connectivity index (χ1) is 13.0. The lowest BCUT2D eigenvalue weighted by atomic mass is 10.0. The van der Waals surface area contributed by atoms with Gasteiger partial charge in [0.1, 0.15) is 11.9 Å². The van der Waals surface area contributed by atoms with Gasteiger partial charge in [0.15, 0.2) is 0 Å². The van der Waals surface area contributed by atoms with Gasteiger partial charge < -0.3 is 10.6 Å². The molecule has 1 saturated heterocycles. The summed E-state index contributed by atoms with van der Waals surface area (Å²) < 4.78 is 14.9. The molecule has 3 amide bonds. The topological polar surface area (TPSA) is 88.0 Å². The van der Waals surface area contributed by atoms with Crippen molar-refractivity contribution in [3.63, 3.8) is 0 Å². The number of urea groups is 1. The fraction of sp³-hybridized carbons (Fsp3) is 0.105. The Hall–Kier alpha value is -3.68. The van der Waals surface area contributed by atoms with E-state index in [4.69, 9.17) is 0 Å². The van der Waals surface area contributed by atoms with Crippen molar-refractivity contribution in [1.82, 2.24) is 20.4 Å². The summed E-state index contributed by atoms with van der Waals surface area (Å²) in [6.45, 7) is 0. The fourth-order valence-electron chi connectivity index (χ4n) is 2.98. The average Bonchev–Trinajstić information content (AvgIpc) is 3.25. The highest BCUT2D eigenvalue weighted by Gasteiger charge is 2.34. The molecule has 0 radical (unpaired) electrons. The number of rotatable bonds is 4. The van der Waals surface area contributed by atoms with E-state index in [2.05, 4.69) is 21.0 Å². The van der Waals surface area contributed by atoms with E-state index >= 15 is 0 Å². The molecule has 2 aromatic carbocycles. The van der Waals surface area contributed by atoms with Crippen LogP contribution in [-0.2, 0) is 4.79 Å². The summed E-state index contributed by atoms with van der Waals surface area (Å²) in [5.41, 5.74) is 3.41. The van der Waals surface area contributed by atoms with Crippen LogP contribution in [-0.4, -0.2) is 28.8 Å². The lowest BCUT2D eigenvalue weighted by molar-refractivity contribution is -0.120. The second kappa shape index (κ2) is 6.56. The van der Waals surface area contributed by atoms with Gasteiger partial charge in [0.25, 0.3) is 5.91 Å². The molecule has 7 nitrogen and oxygen atoms in total. The molecule has 1 aliphatic heterocycles. The van der Waals surface area contributed by atoms with Crippen molar-refractivity contribution >= 4 is 17.6 Å². The van der Waals surface area contributed by atoms with Crippen LogP contribution in [0.15, 0.2) is 54.7 Å². The molecular formula is C19H16FN5O2. The summed E-state index contributed by atoms with van der Waals surface area (Å²) in [6, 6.07) is 12.0. The highest BCUT2D eigenvalue weighted by atomic mass is 19.1. The fourth-order valence-corrected chi connectivity index (χ4v) is 2.98. The van der Waals surface area contributed by atoms with E-state index in [1.807, 2.05) is 31.3 Å². The van der Waals surface area contributed by atoms with E-state index in [1.165, 1.54) is 12.1 Å². The minimum atomic E-state index is -0.858. The molecule has 0 saturated carbocycles. The predicted octanol–water partition coefficient (Wildman–Crippen LogP) is 2.60. The van der Waals surface area contributed by atoms with Crippen LogP contribution >= 0.6 is 0 Å². The first-order valence-electron chi connectivity index (χ1n) is 8.30. The Morgan fingerprint density at radius 1 is 1.07 bits per heavy atom. The van der Waals surface area contributed by atoms with E-state index in [-0.39, 0.29) is 5.82 Å². The van der Waals surface area contributed by atoms with Gasteiger partial charge in [0.2, 0.25) is 0 Å². The van der Waals surface area contributed by atoms with Crippen LogP contribution in [0.25, 0.3) is 16.9 Å². The third-order valence-corrected chi connectivity index (χ3v) is 4.37. The number of carbonyl (C=O) groups is 2. The number of halogens is 1. The zero-order chi connectivity index (χ0) is 19.0. The highest BCUT2D eigenvalue weighted by molar-refractivity contribution is 6.05. The standard InChI is InChI=1S/C19H16FN5O2/c1-21-13-6-8-14(9-7-13)25-10-15(17-18(26)23-19(27)22-17)16(24-25)11-2-4-12(20)5-3-11/h2-10,17,21H,1H3,(H2,22,23,26,27). The van der Waals surface area contributed by atoms with Gasteiger partial charge in [-0.05, 0) is 48.5 Å². The maximum atomic E-state index is 13.3. The van der Waals surface area contributed by atoms with Crippen LogP contribution in [0.3, 0.4) is 0 Å². The van der Waals surface area contributed by atoms with Crippen LogP contribution < -0.4 is 16.0 Å². The van der Waals surface area contributed by atoms with Gasteiger partial charge in [-0.1, -0.05) is 0 Å². The number of nitrogens with zero attached hydrogens (tertiary/aromatic N) is 2. The molecule has 1 aliphatic rings. The Kier molecular flexibility index (Phi) is 4.08. The van der Waals surface area contributed by atoms with E-state index in [1.54, 1.807) is 23.0 Å². The minimum Gasteiger partial charge on any atom is -0.388 e. The van der Waals surface area contributed by atoms with Crippen LogP contribution in [0.2, 0.25) is 0 Å². The average molecular weight is 365 g/mol. The second-order valence-electron chi connectivity index (χ2n) is 6.08. The number of nitrogens with one attached hydrogen (secondary N) is 3. The number of imide groups is 1. The first-order valence-corrected chi connectivity index (χ1v) is 8.30. The van der Waals surface area contributed by atoms with Crippen LogP contribution in [0.4, 0.5) is 14.9 Å². The van der Waals surface area contributed by atoms with Crippen molar-refractivity contribution in [1.29, 1.82) is 0 Å². The summed E-state index contributed by atoms with van der Waals surface area (Å²) in [7, 11) is 1.83. The number of anilines is 1. The van der Waals surface area contributed by atoms with E-state index in [0.29, 0.717) is 16.8 Å². The molecule has 0 aliphatic carbocycles. The third-order valence-electron chi connectivity index (χ3n) is 4.37. The molecule has 1 atom stereocenters. The number of aromatic nitrogens is 2. The van der Waals surface area contributed by atoms with Crippen molar-refractivity contribution in [2.75, 3.05) is 12.4 Å². The zero-order valence-corrected chi connectivity index (χ0v) is 14.4.